The molecule has 2 rings (SSSR count). The maximum atomic E-state index is 12.9. The fourth-order valence-corrected chi connectivity index (χ4v) is 3.19. The Balaban J connectivity index is 2.15. The molecular formula is C12H17FN2O2S. The van der Waals surface area contributed by atoms with Gasteiger partial charge in [-0.1, -0.05) is 6.92 Å². The zero-order chi connectivity index (χ0) is 13.4. The summed E-state index contributed by atoms with van der Waals surface area (Å²) < 4.78 is 39.5. The first kappa shape index (κ1) is 13.3. The molecule has 0 aromatic heterocycles. The monoisotopic (exact) mass is 272 g/mol. The molecule has 0 aliphatic heterocycles. The Kier molecular flexibility index (Phi) is 3.33. The van der Waals surface area contributed by atoms with Gasteiger partial charge in [-0.15, -0.1) is 0 Å². The first-order valence-electron chi connectivity index (χ1n) is 5.93. The maximum absolute atomic E-state index is 12.9. The van der Waals surface area contributed by atoms with E-state index >= 15 is 0 Å². The summed E-state index contributed by atoms with van der Waals surface area (Å²) in [6.45, 7) is 2.47. The van der Waals surface area contributed by atoms with Gasteiger partial charge in [0.2, 0.25) is 10.0 Å². The van der Waals surface area contributed by atoms with E-state index in [4.69, 9.17) is 5.73 Å². The van der Waals surface area contributed by atoms with Crippen molar-refractivity contribution in [2.75, 3.05) is 12.3 Å². The summed E-state index contributed by atoms with van der Waals surface area (Å²) in [5.41, 5.74) is 5.58. The van der Waals surface area contributed by atoms with Crippen LogP contribution in [0.15, 0.2) is 23.1 Å². The zero-order valence-electron chi connectivity index (χ0n) is 10.2. The SMILES string of the molecule is CCC1(CNS(=O)(=O)c2ccc(F)cc2N)CC1. The quantitative estimate of drug-likeness (QED) is 0.804. The fraction of sp³-hybridized carbons (Fsp3) is 0.500. The van der Waals surface area contributed by atoms with Gasteiger partial charge in [0.25, 0.3) is 0 Å². The van der Waals surface area contributed by atoms with Crippen LogP contribution in [0.5, 0.6) is 0 Å². The normalized spacial score (nSPS) is 17.7. The number of benzene rings is 1. The van der Waals surface area contributed by atoms with E-state index in [1.807, 2.05) is 6.92 Å². The van der Waals surface area contributed by atoms with Crippen LogP contribution < -0.4 is 10.5 Å². The number of halogens is 1. The van der Waals surface area contributed by atoms with Crippen LogP contribution in [-0.2, 0) is 10.0 Å². The van der Waals surface area contributed by atoms with Gasteiger partial charge in [0.05, 0.1) is 5.69 Å². The number of nitrogen functional groups attached to an aromatic ring is 1. The molecule has 1 aromatic rings. The molecule has 0 radical (unpaired) electrons. The highest BCUT2D eigenvalue weighted by atomic mass is 32.2. The summed E-state index contributed by atoms with van der Waals surface area (Å²) in [6, 6.07) is 3.30. The standard InChI is InChI=1S/C12H17FN2O2S/c1-2-12(5-6-12)8-15-18(16,17)11-4-3-9(13)7-10(11)14/h3-4,7,15H,2,5-6,8,14H2,1H3. The molecule has 1 saturated carbocycles. The lowest BCUT2D eigenvalue weighted by molar-refractivity contribution is 0.475. The smallest absolute Gasteiger partial charge is 0.242 e. The van der Waals surface area contributed by atoms with Crippen molar-refractivity contribution in [3.8, 4) is 0 Å². The molecule has 1 fully saturated rings. The topological polar surface area (TPSA) is 72.2 Å². The molecule has 0 spiro atoms. The van der Waals surface area contributed by atoms with Gasteiger partial charge < -0.3 is 5.73 Å². The van der Waals surface area contributed by atoms with E-state index in [9.17, 15) is 12.8 Å². The van der Waals surface area contributed by atoms with E-state index in [1.54, 1.807) is 0 Å². The predicted molar refractivity (Wildman–Crippen MR) is 68.0 cm³/mol. The van der Waals surface area contributed by atoms with Gasteiger partial charge in [0.15, 0.2) is 0 Å². The number of hydrogen-bond donors (Lipinski definition) is 2. The van der Waals surface area contributed by atoms with Crippen LogP contribution in [0.1, 0.15) is 26.2 Å². The number of rotatable bonds is 5. The highest BCUT2D eigenvalue weighted by Crippen LogP contribution is 2.48. The molecule has 0 unspecified atom stereocenters. The van der Waals surface area contributed by atoms with Crippen molar-refractivity contribution in [3.05, 3.63) is 24.0 Å². The molecule has 6 heteroatoms. The molecule has 4 nitrogen and oxygen atoms in total. The molecule has 0 heterocycles. The van der Waals surface area contributed by atoms with Crippen molar-refractivity contribution in [3.63, 3.8) is 0 Å². The lowest BCUT2D eigenvalue weighted by atomic mass is 10.1. The van der Waals surface area contributed by atoms with E-state index in [0.717, 1.165) is 31.4 Å². The number of nitrogens with two attached hydrogens (primary N) is 1. The minimum absolute atomic E-state index is 0.0594. The highest BCUT2D eigenvalue weighted by molar-refractivity contribution is 7.89. The third-order valence-electron chi connectivity index (χ3n) is 3.61. The first-order valence-corrected chi connectivity index (χ1v) is 7.42. The number of anilines is 1. The highest BCUT2D eigenvalue weighted by Gasteiger charge is 2.41. The second-order valence-corrected chi connectivity index (χ2v) is 6.60. The van der Waals surface area contributed by atoms with Crippen LogP contribution in [0.25, 0.3) is 0 Å². The van der Waals surface area contributed by atoms with Crippen LogP contribution in [0.3, 0.4) is 0 Å². The number of sulfonamides is 1. The van der Waals surface area contributed by atoms with Crippen LogP contribution in [0, 0.1) is 11.2 Å². The summed E-state index contributed by atoms with van der Waals surface area (Å²) in [4.78, 5) is -0.0594. The molecule has 3 N–H and O–H groups in total. The third kappa shape index (κ3) is 2.64. The summed E-state index contributed by atoms with van der Waals surface area (Å²) in [6.07, 6.45) is 3.05. The molecule has 100 valence electrons. The number of hydrogen-bond acceptors (Lipinski definition) is 3. The molecule has 1 aromatic carbocycles. The van der Waals surface area contributed by atoms with Crippen molar-refractivity contribution in [1.29, 1.82) is 0 Å². The number of nitrogens with one attached hydrogen (secondary N) is 1. The third-order valence-corrected chi connectivity index (χ3v) is 5.08. The second-order valence-electron chi connectivity index (χ2n) is 4.86. The van der Waals surface area contributed by atoms with Crippen LogP contribution >= 0.6 is 0 Å². The fourth-order valence-electron chi connectivity index (χ4n) is 1.92. The second kappa shape index (κ2) is 4.51. The molecule has 0 bridgehead atoms. The molecule has 1 aliphatic rings. The Morgan fingerprint density at radius 2 is 2.11 bits per heavy atom. The van der Waals surface area contributed by atoms with Gasteiger partial charge in [-0.05, 0) is 42.9 Å². The van der Waals surface area contributed by atoms with Crippen molar-refractivity contribution < 1.29 is 12.8 Å². The molecule has 0 saturated heterocycles. The molecular weight excluding hydrogens is 255 g/mol. The Bertz CT molecular complexity index is 553. The van der Waals surface area contributed by atoms with Crippen LogP contribution in [0.4, 0.5) is 10.1 Å². The molecule has 0 amide bonds. The Morgan fingerprint density at radius 1 is 1.44 bits per heavy atom. The van der Waals surface area contributed by atoms with Gasteiger partial charge in [0, 0.05) is 6.54 Å². The van der Waals surface area contributed by atoms with Gasteiger partial charge >= 0.3 is 0 Å². The zero-order valence-corrected chi connectivity index (χ0v) is 11.1. The van der Waals surface area contributed by atoms with Gasteiger partial charge in [-0.2, -0.15) is 0 Å². The Labute approximate surface area is 106 Å². The minimum Gasteiger partial charge on any atom is -0.398 e. The van der Waals surface area contributed by atoms with Crippen LogP contribution in [-0.4, -0.2) is 15.0 Å². The Hall–Kier alpha value is -1.14. The van der Waals surface area contributed by atoms with E-state index in [0.29, 0.717) is 6.54 Å². The molecule has 1 aliphatic carbocycles. The van der Waals surface area contributed by atoms with Gasteiger partial charge in [0.1, 0.15) is 10.7 Å². The molecule has 0 atom stereocenters. The maximum Gasteiger partial charge on any atom is 0.242 e. The largest absolute Gasteiger partial charge is 0.398 e. The van der Waals surface area contributed by atoms with Gasteiger partial charge in [-0.25, -0.2) is 17.5 Å². The summed E-state index contributed by atoms with van der Waals surface area (Å²) in [7, 11) is -3.65. The van der Waals surface area contributed by atoms with Crippen molar-refractivity contribution in [1.82, 2.24) is 4.72 Å². The van der Waals surface area contributed by atoms with E-state index in [2.05, 4.69) is 4.72 Å². The predicted octanol–water partition coefficient (Wildman–Crippen LogP) is 1.88. The average Bonchev–Trinajstić information content (AvgIpc) is 3.07. The van der Waals surface area contributed by atoms with Crippen molar-refractivity contribution in [2.45, 2.75) is 31.1 Å². The van der Waals surface area contributed by atoms with E-state index in [1.165, 1.54) is 6.07 Å². The summed E-state index contributed by atoms with van der Waals surface area (Å²) in [5, 5.41) is 0. The lowest BCUT2D eigenvalue weighted by Crippen LogP contribution is -2.30. The Morgan fingerprint density at radius 3 is 2.61 bits per heavy atom. The minimum atomic E-state index is -3.65. The lowest BCUT2D eigenvalue weighted by Gasteiger charge is -2.14. The van der Waals surface area contributed by atoms with Crippen molar-refractivity contribution in [2.24, 2.45) is 5.41 Å². The van der Waals surface area contributed by atoms with Gasteiger partial charge in [-0.3, -0.25) is 0 Å². The summed E-state index contributed by atoms with van der Waals surface area (Å²) >= 11 is 0. The van der Waals surface area contributed by atoms with Crippen molar-refractivity contribution >= 4 is 15.7 Å². The van der Waals surface area contributed by atoms with E-state index in [-0.39, 0.29) is 16.0 Å². The average molecular weight is 272 g/mol. The first-order chi connectivity index (χ1) is 8.38. The van der Waals surface area contributed by atoms with Crippen LogP contribution in [0.2, 0.25) is 0 Å². The van der Waals surface area contributed by atoms with E-state index < -0.39 is 15.8 Å². The summed E-state index contributed by atoms with van der Waals surface area (Å²) in [5.74, 6) is -0.543. The molecule has 18 heavy (non-hydrogen) atoms.